The molecule has 1 N–H and O–H groups in total. The van der Waals surface area contributed by atoms with Gasteiger partial charge in [0.15, 0.2) is 0 Å². The summed E-state index contributed by atoms with van der Waals surface area (Å²) in [6, 6.07) is 3.41. The monoisotopic (exact) mass is 260 g/mol. The van der Waals surface area contributed by atoms with Crippen LogP contribution in [0, 0.1) is 0 Å². The summed E-state index contributed by atoms with van der Waals surface area (Å²) in [4.78, 5) is 15.1. The number of nitrogens with zero attached hydrogens (tertiary/aromatic N) is 1. The minimum absolute atomic E-state index is 0.201. The van der Waals surface area contributed by atoms with Crippen LogP contribution in [0.3, 0.4) is 0 Å². The molecule has 0 spiro atoms. The minimum atomic E-state index is -4.29. The third-order valence-electron chi connectivity index (χ3n) is 2.33. The lowest BCUT2D eigenvalue weighted by atomic mass is 10.1. The maximum atomic E-state index is 11.9. The first-order chi connectivity index (χ1) is 8.37. The summed E-state index contributed by atoms with van der Waals surface area (Å²) >= 11 is 0. The number of pyridine rings is 1. The van der Waals surface area contributed by atoms with E-state index in [9.17, 15) is 18.0 Å². The van der Waals surface area contributed by atoms with E-state index in [-0.39, 0.29) is 6.04 Å². The Morgan fingerprint density at radius 3 is 2.56 bits per heavy atom. The first-order valence-electron chi connectivity index (χ1n) is 5.62. The summed E-state index contributed by atoms with van der Waals surface area (Å²) in [6.45, 7) is 1.76. The molecule has 0 bridgehead atoms. The van der Waals surface area contributed by atoms with E-state index >= 15 is 0 Å². The van der Waals surface area contributed by atoms with Crippen LogP contribution in [-0.2, 0) is 11.2 Å². The van der Waals surface area contributed by atoms with Gasteiger partial charge in [-0.1, -0.05) is 0 Å². The average Bonchev–Trinajstić information content (AvgIpc) is 2.26. The first-order valence-corrected chi connectivity index (χ1v) is 5.62. The van der Waals surface area contributed by atoms with Gasteiger partial charge in [-0.15, -0.1) is 0 Å². The minimum Gasteiger partial charge on any atom is -0.353 e. The van der Waals surface area contributed by atoms with Gasteiger partial charge in [0.25, 0.3) is 0 Å². The Kier molecular flexibility index (Phi) is 5.12. The van der Waals surface area contributed by atoms with Crippen molar-refractivity contribution in [3.63, 3.8) is 0 Å². The molecule has 0 aliphatic heterocycles. The van der Waals surface area contributed by atoms with Gasteiger partial charge in [0.2, 0.25) is 5.91 Å². The van der Waals surface area contributed by atoms with E-state index in [0.717, 1.165) is 5.56 Å². The fourth-order valence-corrected chi connectivity index (χ4v) is 1.53. The normalized spacial score (nSPS) is 13.1. The zero-order valence-corrected chi connectivity index (χ0v) is 10.00. The largest absolute Gasteiger partial charge is 0.389 e. The van der Waals surface area contributed by atoms with Crippen molar-refractivity contribution in [2.45, 2.75) is 38.4 Å². The number of carbonyl (C=O) groups is 1. The van der Waals surface area contributed by atoms with Crippen molar-refractivity contribution in [2.24, 2.45) is 0 Å². The van der Waals surface area contributed by atoms with Crippen LogP contribution in [0.15, 0.2) is 24.5 Å². The number of hydrogen-bond donors (Lipinski definition) is 1. The Morgan fingerprint density at radius 2 is 2.00 bits per heavy atom. The number of aromatic nitrogens is 1. The van der Waals surface area contributed by atoms with Crippen LogP contribution in [0.5, 0.6) is 0 Å². The summed E-state index contributed by atoms with van der Waals surface area (Å²) in [5.41, 5.74) is 0.980. The predicted octanol–water partition coefficient (Wildman–Crippen LogP) is 2.47. The Labute approximate surface area is 103 Å². The molecule has 0 aliphatic carbocycles. The van der Waals surface area contributed by atoms with Crippen molar-refractivity contribution in [3.05, 3.63) is 30.1 Å². The van der Waals surface area contributed by atoms with E-state index in [1.54, 1.807) is 31.5 Å². The van der Waals surface area contributed by atoms with Crippen LogP contribution in [0.2, 0.25) is 0 Å². The average molecular weight is 260 g/mol. The number of carbonyl (C=O) groups excluding carboxylic acids is 1. The van der Waals surface area contributed by atoms with E-state index in [1.165, 1.54) is 0 Å². The summed E-state index contributed by atoms with van der Waals surface area (Å²) in [6.07, 6.45) is -2.06. The molecule has 1 atom stereocenters. The van der Waals surface area contributed by atoms with Crippen LogP contribution >= 0.6 is 0 Å². The molecule has 0 unspecified atom stereocenters. The number of nitrogens with one attached hydrogen (secondary N) is 1. The van der Waals surface area contributed by atoms with Crippen molar-refractivity contribution in [1.29, 1.82) is 0 Å². The summed E-state index contributed by atoms with van der Waals surface area (Å²) in [5.74, 6) is -0.575. The third-order valence-corrected chi connectivity index (χ3v) is 2.33. The Bertz CT molecular complexity index is 379. The van der Waals surface area contributed by atoms with Crippen molar-refractivity contribution >= 4 is 5.91 Å². The highest BCUT2D eigenvalue weighted by Gasteiger charge is 2.28. The molecule has 1 amide bonds. The Morgan fingerprint density at radius 1 is 1.39 bits per heavy atom. The van der Waals surface area contributed by atoms with E-state index < -0.39 is 24.9 Å². The van der Waals surface area contributed by atoms with Crippen LogP contribution in [0.4, 0.5) is 13.2 Å². The lowest BCUT2D eigenvalue weighted by molar-refractivity contribution is -0.144. The van der Waals surface area contributed by atoms with Crippen molar-refractivity contribution in [2.75, 3.05) is 0 Å². The molecule has 100 valence electrons. The molecule has 0 fully saturated rings. The highest BCUT2D eigenvalue weighted by molar-refractivity contribution is 5.76. The molecule has 1 aromatic rings. The van der Waals surface area contributed by atoms with E-state index in [1.807, 2.05) is 0 Å². The lowest BCUT2D eigenvalue weighted by Crippen LogP contribution is -2.34. The van der Waals surface area contributed by atoms with Gasteiger partial charge in [-0.25, -0.2) is 0 Å². The Hall–Kier alpha value is -1.59. The molecular weight excluding hydrogens is 245 g/mol. The lowest BCUT2D eigenvalue weighted by Gasteiger charge is -2.14. The highest BCUT2D eigenvalue weighted by Crippen LogP contribution is 2.21. The SMILES string of the molecule is C[C@H](Cc1ccncc1)NC(=O)CCC(F)(F)F. The fourth-order valence-electron chi connectivity index (χ4n) is 1.53. The van der Waals surface area contributed by atoms with Crippen molar-refractivity contribution < 1.29 is 18.0 Å². The first kappa shape index (κ1) is 14.5. The second-order valence-corrected chi connectivity index (χ2v) is 4.14. The maximum absolute atomic E-state index is 11.9. The third kappa shape index (κ3) is 6.22. The molecule has 1 rings (SSSR count). The predicted molar refractivity (Wildman–Crippen MR) is 60.8 cm³/mol. The van der Waals surface area contributed by atoms with Crippen LogP contribution in [0.25, 0.3) is 0 Å². The molecule has 0 aliphatic rings. The van der Waals surface area contributed by atoms with Crippen molar-refractivity contribution in [1.82, 2.24) is 10.3 Å². The van der Waals surface area contributed by atoms with E-state index in [2.05, 4.69) is 10.3 Å². The van der Waals surface area contributed by atoms with Gasteiger partial charge in [-0.2, -0.15) is 13.2 Å². The zero-order valence-electron chi connectivity index (χ0n) is 10.00. The van der Waals surface area contributed by atoms with Gasteiger partial charge >= 0.3 is 6.18 Å². The molecule has 0 saturated carbocycles. The molecule has 1 heterocycles. The van der Waals surface area contributed by atoms with Crippen molar-refractivity contribution in [3.8, 4) is 0 Å². The van der Waals surface area contributed by atoms with Crippen LogP contribution in [-0.4, -0.2) is 23.1 Å². The van der Waals surface area contributed by atoms with Gasteiger partial charge < -0.3 is 5.32 Å². The summed E-state index contributed by atoms with van der Waals surface area (Å²) < 4.78 is 35.7. The number of alkyl halides is 3. The number of rotatable bonds is 5. The summed E-state index contributed by atoms with van der Waals surface area (Å²) in [7, 11) is 0. The Balaban J connectivity index is 2.32. The van der Waals surface area contributed by atoms with Gasteiger partial charge in [0.05, 0.1) is 6.42 Å². The summed E-state index contributed by atoms with van der Waals surface area (Å²) in [5, 5.41) is 2.54. The topological polar surface area (TPSA) is 42.0 Å². The van der Waals surface area contributed by atoms with Gasteiger partial charge in [-0.05, 0) is 31.0 Å². The molecule has 18 heavy (non-hydrogen) atoms. The molecule has 0 saturated heterocycles. The molecule has 0 aromatic carbocycles. The smallest absolute Gasteiger partial charge is 0.353 e. The second-order valence-electron chi connectivity index (χ2n) is 4.14. The molecule has 0 radical (unpaired) electrons. The van der Waals surface area contributed by atoms with E-state index in [4.69, 9.17) is 0 Å². The maximum Gasteiger partial charge on any atom is 0.389 e. The second kappa shape index (κ2) is 6.37. The fraction of sp³-hybridized carbons (Fsp3) is 0.500. The van der Waals surface area contributed by atoms with Gasteiger partial charge in [0.1, 0.15) is 0 Å². The van der Waals surface area contributed by atoms with Gasteiger partial charge in [0, 0.05) is 24.9 Å². The number of hydrogen-bond acceptors (Lipinski definition) is 2. The number of amides is 1. The zero-order chi connectivity index (χ0) is 13.6. The molecular formula is C12H15F3N2O. The quantitative estimate of drug-likeness (QED) is 0.883. The standard InChI is InChI=1S/C12H15F3N2O/c1-9(8-10-3-6-16-7-4-10)17-11(18)2-5-12(13,14)15/h3-4,6-7,9H,2,5,8H2,1H3,(H,17,18)/t9-/m1/s1. The van der Waals surface area contributed by atoms with E-state index in [0.29, 0.717) is 6.42 Å². The van der Waals surface area contributed by atoms with Gasteiger partial charge in [-0.3, -0.25) is 9.78 Å². The molecule has 6 heteroatoms. The molecule has 1 aromatic heterocycles. The van der Waals surface area contributed by atoms with Crippen LogP contribution in [0.1, 0.15) is 25.3 Å². The van der Waals surface area contributed by atoms with Crippen LogP contribution < -0.4 is 5.32 Å². The molecule has 3 nitrogen and oxygen atoms in total. The number of halogens is 3. The highest BCUT2D eigenvalue weighted by atomic mass is 19.4.